The van der Waals surface area contributed by atoms with Crippen LogP contribution in [0.1, 0.15) is 30.1 Å². The highest BCUT2D eigenvalue weighted by molar-refractivity contribution is 5.86. The number of benzene rings is 1. The van der Waals surface area contributed by atoms with Gasteiger partial charge in [0.1, 0.15) is 6.10 Å². The molecule has 0 spiro atoms. The fourth-order valence-corrected chi connectivity index (χ4v) is 3.40. The first-order valence-electron chi connectivity index (χ1n) is 8.08. The second-order valence-electron chi connectivity index (χ2n) is 6.36. The molecule has 0 bridgehead atoms. The van der Waals surface area contributed by atoms with Crippen LogP contribution >= 0.6 is 0 Å². The molecule has 1 aliphatic carbocycles. The van der Waals surface area contributed by atoms with Gasteiger partial charge in [-0.1, -0.05) is 18.2 Å². The Morgan fingerprint density at radius 3 is 2.44 bits per heavy atom. The smallest absolute Gasteiger partial charge is 0.416 e. The van der Waals surface area contributed by atoms with E-state index >= 15 is 0 Å². The van der Waals surface area contributed by atoms with Gasteiger partial charge >= 0.3 is 12.1 Å². The number of rotatable bonds is 3. The summed E-state index contributed by atoms with van der Waals surface area (Å²) in [4.78, 5) is 25.1. The molecule has 0 aromatic heterocycles. The first kappa shape index (κ1) is 17.7. The lowest BCUT2D eigenvalue weighted by Crippen LogP contribution is -2.50. The molecule has 2 fully saturated rings. The van der Waals surface area contributed by atoms with Gasteiger partial charge in [0.2, 0.25) is 5.91 Å². The topological polar surface area (TPSA) is 66.8 Å². The monoisotopic (exact) mass is 357 g/mol. The summed E-state index contributed by atoms with van der Waals surface area (Å²) in [5.74, 6) is -2.60. The predicted molar refractivity (Wildman–Crippen MR) is 80.6 cm³/mol. The van der Waals surface area contributed by atoms with Crippen molar-refractivity contribution in [3.63, 3.8) is 0 Å². The van der Waals surface area contributed by atoms with Crippen LogP contribution in [0.5, 0.6) is 0 Å². The Morgan fingerprint density at radius 1 is 1.16 bits per heavy atom. The highest BCUT2D eigenvalue weighted by Crippen LogP contribution is 2.39. The van der Waals surface area contributed by atoms with Crippen molar-refractivity contribution in [2.75, 3.05) is 19.7 Å². The van der Waals surface area contributed by atoms with Crippen LogP contribution in [0.3, 0.4) is 0 Å². The molecule has 0 radical (unpaired) electrons. The summed E-state index contributed by atoms with van der Waals surface area (Å²) in [5.41, 5.74) is -0.780. The largest absolute Gasteiger partial charge is 0.481 e. The number of amides is 1. The number of carbonyl (C=O) groups excluding carboxylic acids is 1. The van der Waals surface area contributed by atoms with Gasteiger partial charge in [-0.2, -0.15) is 13.2 Å². The van der Waals surface area contributed by atoms with Crippen molar-refractivity contribution in [3.05, 3.63) is 35.4 Å². The zero-order valence-corrected chi connectivity index (χ0v) is 13.3. The Balaban J connectivity index is 1.76. The number of alkyl halides is 3. The predicted octanol–water partition coefficient (Wildman–Crippen LogP) is 2.72. The van der Waals surface area contributed by atoms with Crippen LogP contribution in [0.25, 0.3) is 0 Å². The molecular weight excluding hydrogens is 339 g/mol. The van der Waals surface area contributed by atoms with Gasteiger partial charge in [0, 0.05) is 6.54 Å². The summed E-state index contributed by atoms with van der Waals surface area (Å²) in [6.07, 6.45) is -4.43. The lowest BCUT2D eigenvalue weighted by molar-refractivity contribution is -0.160. The van der Waals surface area contributed by atoms with Crippen molar-refractivity contribution in [1.82, 2.24) is 4.90 Å². The number of morpholine rings is 1. The molecule has 1 aromatic carbocycles. The van der Waals surface area contributed by atoms with Gasteiger partial charge in [-0.15, -0.1) is 0 Å². The molecule has 3 rings (SSSR count). The minimum Gasteiger partial charge on any atom is -0.481 e. The van der Waals surface area contributed by atoms with Crippen molar-refractivity contribution in [1.29, 1.82) is 0 Å². The molecule has 1 amide bonds. The normalized spacial score (nSPS) is 26.8. The molecule has 1 saturated carbocycles. The van der Waals surface area contributed by atoms with Gasteiger partial charge in [-0.25, -0.2) is 0 Å². The number of halogens is 3. The Kier molecular flexibility index (Phi) is 4.73. The molecule has 3 atom stereocenters. The molecule has 2 aliphatic rings. The fourth-order valence-electron chi connectivity index (χ4n) is 3.40. The second-order valence-corrected chi connectivity index (χ2v) is 6.36. The van der Waals surface area contributed by atoms with Crippen molar-refractivity contribution in [2.24, 2.45) is 11.8 Å². The molecule has 1 heterocycles. The van der Waals surface area contributed by atoms with Crippen molar-refractivity contribution < 1.29 is 32.6 Å². The van der Waals surface area contributed by atoms with Gasteiger partial charge in [-0.3, -0.25) is 9.59 Å². The summed E-state index contributed by atoms with van der Waals surface area (Å²) in [7, 11) is 0. The number of carbonyl (C=O) groups is 2. The minimum atomic E-state index is -4.51. The van der Waals surface area contributed by atoms with Gasteiger partial charge < -0.3 is 14.7 Å². The summed E-state index contributed by atoms with van der Waals surface area (Å²) in [6, 6.07) is 5.15. The van der Waals surface area contributed by atoms with E-state index in [0.717, 1.165) is 6.07 Å². The molecule has 1 N–H and O–H groups in total. The number of hydrogen-bond donors (Lipinski definition) is 1. The van der Waals surface area contributed by atoms with Gasteiger partial charge in [0.15, 0.2) is 0 Å². The van der Waals surface area contributed by atoms with Crippen molar-refractivity contribution in [3.8, 4) is 0 Å². The van der Waals surface area contributed by atoms with E-state index < -0.39 is 35.6 Å². The molecule has 5 nitrogen and oxygen atoms in total. The highest BCUT2D eigenvalue weighted by atomic mass is 19.4. The number of nitrogens with zero attached hydrogens (tertiary/aromatic N) is 1. The number of hydrogen-bond acceptors (Lipinski definition) is 3. The molecule has 25 heavy (non-hydrogen) atoms. The third-order valence-electron chi connectivity index (χ3n) is 4.90. The standard InChI is InChI=1S/C17H18F3NO4/c18-17(19,20)13-4-2-1-3-12(13)14-9-21(7-8-25-14)15(22)10-5-6-11(10)16(23)24/h1-4,10-11,14H,5-9H2,(H,23,24). The van der Waals surface area contributed by atoms with Crippen LogP contribution in [-0.4, -0.2) is 41.6 Å². The number of carboxylic acid groups (broad SMARTS) is 1. The van der Waals surface area contributed by atoms with E-state index in [-0.39, 0.29) is 31.2 Å². The molecule has 1 saturated heterocycles. The highest BCUT2D eigenvalue weighted by Gasteiger charge is 2.44. The summed E-state index contributed by atoms with van der Waals surface area (Å²) >= 11 is 0. The van der Waals surface area contributed by atoms with Crippen molar-refractivity contribution in [2.45, 2.75) is 25.1 Å². The number of carboxylic acids is 1. The average Bonchev–Trinajstić information content (AvgIpc) is 2.52. The first-order valence-corrected chi connectivity index (χ1v) is 8.08. The zero-order chi connectivity index (χ0) is 18.2. The Bertz CT molecular complexity index is 676. The maximum Gasteiger partial charge on any atom is 0.416 e. The quantitative estimate of drug-likeness (QED) is 0.903. The molecule has 8 heteroatoms. The van der Waals surface area contributed by atoms with Crippen molar-refractivity contribution >= 4 is 11.9 Å². The fraction of sp³-hybridized carbons (Fsp3) is 0.529. The van der Waals surface area contributed by atoms with Crippen LogP contribution in [-0.2, 0) is 20.5 Å². The molecule has 3 unspecified atom stereocenters. The van der Waals surface area contributed by atoms with Crippen LogP contribution in [0.4, 0.5) is 13.2 Å². The Morgan fingerprint density at radius 2 is 1.84 bits per heavy atom. The van der Waals surface area contributed by atoms with Gasteiger partial charge in [-0.05, 0) is 24.5 Å². The first-order chi connectivity index (χ1) is 11.8. The molecular formula is C17H18F3NO4. The van der Waals surface area contributed by atoms with E-state index in [1.807, 2.05) is 0 Å². The maximum atomic E-state index is 13.2. The van der Waals surface area contributed by atoms with Gasteiger partial charge in [0.05, 0.1) is 30.6 Å². The van der Waals surface area contributed by atoms with Crippen LogP contribution < -0.4 is 0 Å². The van der Waals surface area contributed by atoms with E-state index in [1.54, 1.807) is 0 Å². The van der Waals surface area contributed by atoms with E-state index in [2.05, 4.69) is 0 Å². The molecule has 1 aromatic rings. The SMILES string of the molecule is O=C(O)C1CCC1C(=O)N1CCOC(c2ccccc2C(F)(F)F)C1. The van der Waals surface area contributed by atoms with Gasteiger partial charge in [0.25, 0.3) is 0 Å². The Labute approximate surface area is 142 Å². The third-order valence-corrected chi connectivity index (χ3v) is 4.90. The van der Waals surface area contributed by atoms with E-state index in [0.29, 0.717) is 12.8 Å². The van der Waals surface area contributed by atoms with Crippen LogP contribution in [0.15, 0.2) is 24.3 Å². The maximum absolute atomic E-state index is 13.2. The lowest BCUT2D eigenvalue weighted by Gasteiger charge is -2.40. The van der Waals surface area contributed by atoms with Crippen LogP contribution in [0.2, 0.25) is 0 Å². The molecule has 1 aliphatic heterocycles. The Hall–Kier alpha value is -2.09. The summed E-state index contributed by atoms with van der Waals surface area (Å²) < 4.78 is 45.0. The number of aliphatic carboxylic acids is 1. The van der Waals surface area contributed by atoms with Crippen LogP contribution in [0, 0.1) is 11.8 Å². The third kappa shape index (κ3) is 3.49. The van der Waals surface area contributed by atoms with E-state index in [1.165, 1.54) is 23.1 Å². The summed E-state index contributed by atoms with van der Waals surface area (Å²) in [6.45, 7) is 0.369. The van der Waals surface area contributed by atoms with E-state index in [4.69, 9.17) is 9.84 Å². The second kappa shape index (κ2) is 6.67. The zero-order valence-electron chi connectivity index (χ0n) is 13.3. The number of ether oxygens (including phenoxy) is 1. The van der Waals surface area contributed by atoms with E-state index in [9.17, 15) is 22.8 Å². The summed E-state index contributed by atoms with van der Waals surface area (Å²) in [5, 5.41) is 9.09. The minimum absolute atomic E-state index is 0.00380. The average molecular weight is 357 g/mol. The lowest BCUT2D eigenvalue weighted by atomic mass is 9.73. The molecule has 136 valence electrons.